The van der Waals surface area contributed by atoms with Crippen molar-refractivity contribution in [2.75, 3.05) is 40.1 Å². The van der Waals surface area contributed by atoms with E-state index in [9.17, 15) is 0 Å². The van der Waals surface area contributed by atoms with Crippen molar-refractivity contribution in [1.82, 2.24) is 0 Å². The van der Waals surface area contributed by atoms with E-state index in [-0.39, 0.29) is 6.04 Å². The van der Waals surface area contributed by atoms with Crippen LogP contribution in [-0.2, 0) is 20.6 Å². The maximum Gasteiger partial charge on any atom is 0.0701 e. The summed E-state index contributed by atoms with van der Waals surface area (Å²) in [6, 6.07) is 8.28. The summed E-state index contributed by atoms with van der Waals surface area (Å²) in [6.45, 7) is 3.10. The first-order valence-electron chi connectivity index (χ1n) is 6.87. The van der Waals surface area contributed by atoms with E-state index in [1.165, 1.54) is 5.56 Å². The van der Waals surface area contributed by atoms with E-state index in [4.69, 9.17) is 19.9 Å². The number of hydrogen-bond acceptors (Lipinski definition) is 4. The minimum atomic E-state index is 0.114. The number of nitrogens with two attached hydrogens (primary N) is 1. The number of benzene rings is 1. The monoisotopic (exact) mass is 345 g/mol. The molecule has 114 valence electrons. The Balaban J connectivity index is 2.03. The fourth-order valence-electron chi connectivity index (χ4n) is 1.75. The van der Waals surface area contributed by atoms with Gasteiger partial charge in [0.2, 0.25) is 0 Å². The van der Waals surface area contributed by atoms with E-state index >= 15 is 0 Å². The summed E-state index contributed by atoms with van der Waals surface area (Å²) in [5.41, 5.74) is 7.35. The predicted octanol–water partition coefficient (Wildman–Crippen LogP) is 2.39. The highest BCUT2D eigenvalue weighted by Gasteiger charge is 2.06. The number of rotatable bonds is 11. The molecule has 0 aliphatic carbocycles. The zero-order valence-corrected chi connectivity index (χ0v) is 13.6. The summed E-state index contributed by atoms with van der Waals surface area (Å²) in [4.78, 5) is 0. The van der Waals surface area contributed by atoms with Gasteiger partial charge in [0.1, 0.15) is 0 Å². The van der Waals surface area contributed by atoms with Gasteiger partial charge in [0.25, 0.3) is 0 Å². The Hall–Kier alpha value is -0.460. The van der Waals surface area contributed by atoms with Crippen molar-refractivity contribution in [2.45, 2.75) is 18.9 Å². The number of hydrogen-bond donors (Lipinski definition) is 1. The second-order valence-corrected chi connectivity index (χ2v) is 5.42. The molecule has 0 fully saturated rings. The molecule has 0 saturated carbocycles. The second-order valence-electron chi connectivity index (χ2n) is 4.56. The average molecular weight is 346 g/mol. The Bertz CT molecular complexity index is 363. The Morgan fingerprint density at radius 2 is 1.70 bits per heavy atom. The van der Waals surface area contributed by atoms with Crippen LogP contribution in [0.4, 0.5) is 0 Å². The van der Waals surface area contributed by atoms with Crippen LogP contribution in [0.3, 0.4) is 0 Å². The van der Waals surface area contributed by atoms with Gasteiger partial charge in [-0.3, -0.25) is 0 Å². The molecule has 1 unspecified atom stereocenters. The maximum absolute atomic E-state index is 6.11. The van der Waals surface area contributed by atoms with Gasteiger partial charge in [-0.1, -0.05) is 34.1 Å². The molecule has 1 rings (SSSR count). The number of ether oxygens (including phenoxy) is 3. The molecular weight excluding hydrogens is 322 g/mol. The first-order chi connectivity index (χ1) is 9.74. The third-order valence-electron chi connectivity index (χ3n) is 2.88. The number of methoxy groups -OCH3 is 1. The molecule has 20 heavy (non-hydrogen) atoms. The molecule has 0 aromatic heterocycles. The quantitative estimate of drug-likeness (QED) is 0.625. The van der Waals surface area contributed by atoms with E-state index in [2.05, 4.69) is 22.0 Å². The van der Waals surface area contributed by atoms with Gasteiger partial charge < -0.3 is 19.9 Å². The van der Waals surface area contributed by atoms with Crippen LogP contribution in [0.15, 0.2) is 28.7 Å². The van der Waals surface area contributed by atoms with Gasteiger partial charge in [0.15, 0.2) is 0 Å². The first kappa shape index (κ1) is 17.6. The summed E-state index contributed by atoms with van der Waals surface area (Å²) in [7, 11) is 1.66. The lowest BCUT2D eigenvalue weighted by Crippen LogP contribution is -2.25. The third-order valence-corrected chi connectivity index (χ3v) is 3.65. The lowest BCUT2D eigenvalue weighted by molar-refractivity contribution is 0.0234. The molecule has 0 aliphatic rings. The Morgan fingerprint density at radius 3 is 2.40 bits per heavy atom. The fourth-order valence-corrected chi connectivity index (χ4v) is 2.19. The lowest BCUT2D eigenvalue weighted by Gasteiger charge is -2.13. The molecule has 0 amide bonds. The second kappa shape index (κ2) is 11.2. The van der Waals surface area contributed by atoms with Crippen LogP contribution < -0.4 is 5.73 Å². The summed E-state index contributed by atoms with van der Waals surface area (Å²) >= 11 is 3.53. The molecule has 4 nitrogen and oxygen atoms in total. The van der Waals surface area contributed by atoms with Crippen molar-refractivity contribution >= 4 is 15.9 Å². The van der Waals surface area contributed by atoms with E-state index in [1.54, 1.807) is 7.11 Å². The molecule has 0 bridgehead atoms. The van der Waals surface area contributed by atoms with E-state index in [1.807, 2.05) is 18.2 Å². The van der Waals surface area contributed by atoms with Crippen molar-refractivity contribution < 1.29 is 14.2 Å². The molecule has 2 N–H and O–H groups in total. The molecule has 0 heterocycles. The average Bonchev–Trinajstić information content (AvgIpc) is 2.44. The predicted molar refractivity (Wildman–Crippen MR) is 84.0 cm³/mol. The summed E-state index contributed by atoms with van der Waals surface area (Å²) in [6.07, 6.45) is 1.70. The van der Waals surface area contributed by atoms with Crippen molar-refractivity contribution in [3.63, 3.8) is 0 Å². The van der Waals surface area contributed by atoms with Crippen LogP contribution in [0.2, 0.25) is 0 Å². The first-order valence-corrected chi connectivity index (χ1v) is 7.66. The topological polar surface area (TPSA) is 53.7 Å². The van der Waals surface area contributed by atoms with Crippen LogP contribution in [-0.4, -0.2) is 46.2 Å². The Labute approximate surface area is 129 Å². The molecule has 0 spiro atoms. The van der Waals surface area contributed by atoms with Crippen molar-refractivity contribution in [3.8, 4) is 0 Å². The van der Waals surface area contributed by atoms with Crippen LogP contribution in [0.5, 0.6) is 0 Å². The third kappa shape index (κ3) is 7.97. The Kier molecular flexibility index (Phi) is 9.87. The highest BCUT2D eigenvalue weighted by Crippen LogP contribution is 2.17. The standard InChI is InChI=1S/C15H24BrNO3/c1-18-8-9-20-11-10-19-7-6-14(17)12-13-4-2-3-5-15(13)16/h2-5,14H,6-12,17H2,1H3. The normalized spacial score (nSPS) is 12.6. The summed E-state index contributed by atoms with van der Waals surface area (Å²) in [5.74, 6) is 0. The number of halogens is 1. The van der Waals surface area contributed by atoms with Crippen LogP contribution in [0.25, 0.3) is 0 Å². The van der Waals surface area contributed by atoms with Gasteiger partial charge in [0.05, 0.1) is 26.4 Å². The van der Waals surface area contributed by atoms with Gasteiger partial charge in [-0.25, -0.2) is 0 Å². The highest BCUT2D eigenvalue weighted by atomic mass is 79.9. The maximum atomic E-state index is 6.11. The minimum Gasteiger partial charge on any atom is -0.382 e. The van der Waals surface area contributed by atoms with Crippen molar-refractivity contribution in [1.29, 1.82) is 0 Å². The zero-order valence-electron chi connectivity index (χ0n) is 12.0. The van der Waals surface area contributed by atoms with Gasteiger partial charge in [0, 0.05) is 24.2 Å². The summed E-state index contributed by atoms with van der Waals surface area (Å²) < 4.78 is 16.8. The minimum absolute atomic E-state index is 0.114. The molecule has 1 atom stereocenters. The summed E-state index contributed by atoms with van der Waals surface area (Å²) in [5, 5.41) is 0. The fraction of sp³-hybridized carbons (Fsp3) is 0.600. The molecule has 1 aromatic rings. The van der Waals surface area contributed by atoms with Crippen molar-refractivity contribution in [2.24, 2.45) is 5.73 Å². The van der Waals surface area contributed by atoms with Crippen molar-refractivity contribution in [3.05, 3.63) is 34.3 Å². The van der Waals surface area contributed by atoms with E-state index < -0.39 is 0 Å². The van der Waals surface area contributed by atoms with Gasteiger partial charge in [-0.15, -0.1) is 0 Å². The Morgan fingerprint density at radius 1 is 1.05 bits per heavy atom. The molecule has 0 aliphatic heterocycles. The van der Waals surface area contributed by atoms with Crippen LogP contribution in [0.1, 0.15) is 12.0 Å². The van der Waals surface area contributed by atoms with Crippen LogP contribution >= 0.6 is 15.9 Å². The van der Waals surface area contributed by atoms with Gasteiger partial charge in [-0.05, 0) is 24.5 Å². The molecule has 5 heteroatoms. The molecule has 0 radical (unpaired) electrons. The largest absolute Gasteiger partial charge is 0.382 e. The molecular formula is C15H24BrNO3. The van der Waals surface area contributed by atoms with Crippen LogP contribution in [0, 0.1) is 0 Å². The SMILES string of the molecule is COCCOCCOCCC(N)Cc1ccccc1Br. The van der Waals surface area contributed by atoms with E-state index in [0.717, 1.165) is 17.3 Å². The smallest absolute Gasteiger partial charge is 0.0701 e. The molecule has 1 aromatic carbocycles. The van der Waals surface area contributed by atoms with E-state index in [0.29, 0.717) is 33.0 Å². The van der Waals surface area contributed by atoms with Gasteiger partial charge >= 0.3 is 0 Å². The van der Waals surface area contributed by atoms with Gasteiger partial charge in [-0.2, -0.15) is 0 Å². The highest BCUT2D eigenvalue weighted by molar-refractivity contribution is 9.10. The molecule has 0 saturated heterocycles. The lowest BCUT2D eigenvalue weighted by atomic mass is 10.0. The zero-order chi connectivity index (χ0) is 14.6.